The zero-order chi connectivity index (χ0) is 20.1. The quantitative estimate of drug-likeness (QED) is 0.476. The Hall–Kier alpha value is -3.66. The van der Waals surface area contributed by atoms with Crippen LogP contribution in [0.2, 0.25) is 5.02 Å². The van der Waals surface area contributed by atoms with Crippen LogP contribution in [-0.4, -0.2) is 32.8 Å². The Balaban J connectivity index is 1.80. The monoisotopic (exact) mass is 401 g/mol. The van der Waals surface area contributed by atoms with Gasteiger partial charge in [0.2, 0.25) is 11.7 Å². The van der Waals surface area contributed by atoms with Crippen LogP contribution in [0.25, 0.3) is 11.4 Å². The fraction of sp³-hybridized carbons (Fsp3) is 0.118. The number of aromatic nitrogens is 4. The zero-order valence-corrected chi connectivity index (χ0v) is 15.4. The minimum absolute atomic E-state index is 0.251. The smallest absolute Gasteiger partial charge is 0.404 e. The van der Waals surface area contributed by atoms with Gasteiger partial charge in [-0.05, 0) is 31.2 Å². The van der Waals surface area contributed by atoms with Crippen LogP contribution in [0, 0.1) is 0 Å². The van der Waals surface area contributed by atoms with Crippen molar-refractivity contribution in [3.05, 3.63) is 51.9 Å². The minimum atomic E-state index is -0.896. The van der Waals surface area contributed by atoms with Crippen LogP contribution < -0.4 is 26.7 Å². The van der Waals surface area contributed by atoms with Gasteiger partial charge in [-0.1, -0.05) is 11.6 Å². The van der Waals surface area contributed by atoms with E-state index in [1.165, 1.54) is 18.2 Å². The Kier molecular flexibility index (Phi) is 5.70. The highest BCUT2D eigenvalue weighted by Crippen LogP contribution is 2.23. The average Bonchev–Trinajstić information content (AvgIpc) is 2.66. The maximum Gasteiger partial charge on any atom is 0.417 e. The van der Waals surface area contributed by atoms with Gasteiger partial charge >= 0.3 is 11.7 Å². The summed E-state index contributed by atoms with van der Waals surface area (Å²) in [5.41, 5.74) is 6.40. The minimum Gasteiger partial charge on any atom is -0.404 e. The van der Waals surface area contributed by atoms with E-state index in [0.29, 0.717) is 34.6 Å². The predicted octanol–water partition coefficient (Wildman–Crippen LogP) is 2.51. The SMILES string of the molecule is CCNc1nccc(-c2cc(OC(=O)Nc3ccc(Cl)cc3N)c(=O)[nH]n2)n1. The lowest BCUT2D eigenvalue weighted by Gasteiger charge is -2.09. The molecule has 3 rings (SSSR count). The number of ether oxygens (including phenoxy) is 1. The van der Waals surface area contributed by atoms with E-state index in [9.17, 15) is 9.59 Å². The molecule has 1 aromatic carbocycles. The van der Waals surface area contributed by atoms with E-state index in [2.05, 4.69) is 30.8 Å². The summed E-state index contributed by atoms with van der Waals surface area (Å²) in [4.78, 5) is 32.4. The number of rotatable bonds is 5. The van der Waals surface area contributed by atoms with Crippen molar-refractivity contribution in [1.82, 2.24) is 20.2 Å². The third-order valence-electron chi connectivity index (χ3n) is 3.48. The first-order chi connectivity index (χ1) is 13.5. The molecule has 28 heavy (non-hydrogen) atoms. The number of anilines is 3. The molecule has 1 amide bonds. The Morgan fingerprint density at radius 1 is 1.29 bits per heavy atom. The maximum atomic E-state index is 12.1. The molecule has 0 aliphatic heterocycles. The van der Waals surface area contributed by atoms with Crippen molar-refractivity contribution in [2.45, 2.75) is 6.92 Å². The number of hydrogen-bond donors (Lipinski definition) is 4. The molecule has 0 saturated heterocycles. The first-order valence-electron chi connectivity index (χ1n) is 8.17. The van der Waals surface area contributed by atoms with Crippen molar-refractivity contribution < 1.29 is 9.53 Å². The maximum absolute atomic E-state index is 12.1. The van der Waals surface area contributed by atoms with Crippen molar-refractivity contribution >= 4 is 35.0 Å². The second-order valence-corrected chi connectivity index (χ2v) is 5.92. The number of aromatic amines is 1. The average molecular weight is 402 g/mol. The van der Waals surface area contributed by atoms with Crippen LogP contribution in [0.5, 0.6) is 5.75 Å². The summed E-state index contributed by atoms with van der Waals surface area (Å²) in [6.45, 7) is 2.55. The Labute approximate surface area is 164 Å². The molecular formula is C17H16ClN7O3. The van der Waals surface area contributed by atoms with Gasteiger partial charge in [0.15, 0.2) is 0 Å². The van der Waals surface area contributed by atoms with Crippen LogP contribution >= 0.6 is 11.6 Å². The molecule has 11 heteroatoms. The number of nitrogens with one attached hydrogen (secondary N) is 3. The molecule has 0 saturated carbocycles. The van der Waals surface area contributed by atoms with Gasteiger partial charge in [0.25, 0.3) is 0 Å². The molecule has 2 heterocycles. The van der Waals surface area contributed by atoms with Crippen molar-refractivity contribution in [3.63, 3.8) is 0 Å². The summed E-state index contributed by atoms with van der Waals surface area (Å²) in [6, 6.07) is 7.47. The largest absolute Gasteiger partial charge is 0.417 e. The summed E-state index contributed by atoms with van der Waals surface area (Å²) in [7, 11) is 0. The summed E-state index contributed by atoms with van der Waals surface area (Å²) < 4.78 is 5.09. The number of benzene rings is 1. The van der Waals surface area contributed by atoms with E-state index in [1.807, 2.05) is 6.92 Å². The number of carbonyl (C=O) groups excluding carboxylic acids is 1. The van der Waals surface area contributed by atoms with Crippen molar-refractivity contribution in [3.8, 4) is 17.1 Å². The number of carbonyl (C=O) groups is 1. The number of amides is 1. The van der Waals surface area contributed by atoms with Crippen LogP contribution in [0.4, 0.5) is 22.1 Å². The first-order valence-corrected chi connectivity index (χ1v) is 8.55. The first kappa shape index (κ1) is 19.1. The fourth-order valence-electron chi connectivity index (χ4n) is 2.22. The molecule has 0 aliphatic rings. The van der Waals surface area contributed by atoms with Crippen LogP contribution in [0.15, 0.2) is 41.3 Å². The molecule has 0 unspecified atom stereocenters. The topological polar surface area (TPSA) is 148 Å². The van der Waals surface area contributed by atoms with Gasteiger partial charge < -0.3 is 15.8 Å². The van der Waals surface area contributed by atoms with E-state index in [0.717, 1.165) is 0 Å². The Bertz CT molecular complexity index is 1070. The second kappa shape index (κ2) is 8.35. The molecule has 0 spiro atoms. The number of nitrogens with zero attached hydrogens (tertiary/aromatic N) is 3. The summed E-state index contributed by atoms with van der Waals surface area (Å²) in [6.07, 6.45) is 0.650. The van der Waals surface area contributed by atoms with Crippen LogP contribution in [0.3, 0.4) is 0 Å². The highest BCUT2D eigenvalue weighted by Gasteiger charge is 2.13. The zero-order valence-electron chi connectivity index (χ0n) is 14.7. The molecular weight excluding hydrogens is 386 g/mol. The third-order valence-corrected chi connectivity index (χ3v) is 3.71. The van der Waals surface area contributed by atoms with Gasteiger partial charge in [0.1, 0.15) is 5.69 Å². The normalized spacial score (nSPS) is 10.4. The predicted molar refractivity (Wildman–Crippen MR) is 106 cm³/mol. The Morgan fingerprint density at radius 3 is 2.86 bits per heavy atom. The number of hydrogen-bond acceptors (Lipinski definition) is 8. The molecule has 0 atom stereocenters. The van der Waals surface area contributed by atoms with Gasteiger partial charge in [0, 0.05) is 23.8 Å². The standard InChI is InChI=1S/C17H16ClN7O3/c1-2-20-16-21-6-5-12(22-16)13-8-14(15(26)25-24-13)28-17(27)23-11-4-3-9(18)7-10(11)19/h3-8H,2,19H2,1H3,(H,23,27)(H,25,26)(H,20,21,22). The number of halogens is 1. The van der Waals surface area contributed by atoms with Gasteiger partial charge in [-0.25, -0.2) is 19.9 Å². The fourth-order valence-corrected chi connectivity index (χ4v) is 2.40. The van der Waals surface area contributed by atoms with Crippen molar-refractivity contribution in [2.24, 2.45) is 0 Å². The number of nitrogen functional groups attached to an aromatic ring is 1. The summed E-state index contributed by atoms with van der Waals surface area (Å²) in [5.74, 6) is 0.157. The molecule has 5 N–H and O–H groups in total. The van der Waals surface area contributed by atoms with Crippen molar-refractivity contribution in [1.29, 1.82) is 0 Å². The second-order valence-electron chi connectivity index (χ2n) is 5.49. The van der Waals surface area contributed by atoms with Crippen LogP contribution in [0.1, 0.15) is 6.92 Å². The summed E-state index contributed by atoms with van der Waals surface area (Å²) >= 11 is 5.82. The number of H-pyrrole nitrogens is 1. The highest BCUT2D eigenvalue weighted by atomic mass is 35.5. The van der Waals surface area contributed by atoms with Gasteiger partial charge in [-0.3, -0.25) is 10.1 Å². The highest BCUT2D eigenvalue weighted by molar-refractivity contribution is 6.31. The van der Waals surface area contributed by atoms with Gasteiger partial charge in [0.05, 0.1) is 17.1 Å². The van der Waals surface area contributed by atoms with E-state index >= 15 is 0 Å². The molecule has 0 bridgehead atoms. The van der Waals surface area contributed by atoms with Gasteiger partial charge in [-0.2, -0.15) is 5.10 Å². The lowest BCUT2D eigenvalue weighted by molar-refractivity contribution is 0.214. The van der Waals surface area contributed by atoms with E-state index in [4.69, 9.17) is 22.1 Å². The molecule has 0 aliphatic carbocycles. The molecule has 10 nitrogen and oxygen atoms in total. The number of nitrogens with two attached hydrogens (primary N) is 1. The molecule has 144 valence electrons. The lowest BCUT2D eigenvalue weighted by Crippen LogP contribution is -2.22. The molecule has 2 aromatic heterocycles. The summed E-state index contributed by atoms with van der Waals surface area (Å²) in [5, 5.41) is 12.0. The molecule has 0 fully saturated rings. The van der Waals surface area contributed by atoms with E-state index < -0.39 is 11.7 Å². The Morgan fingerprint density at radius 2 is 2.11 bits per heavy atom. The molecule has 3 aromatic rings. The van der Waals surface area contributed by atoms with E-state index in [-0.39, 0.29) is 11.4 Å². The van der Waals surface area contributed by atoms with Gasteiger partial charge in [-0.15, -0.1) is 0 Å². The van der Waals surface area contributed by atoms with Crippen LogP contribution in [-0.2, 0) is 0 Å². The van der Waals surface area contributed by atoms with E-state index in [1.54, 1.807) is 18.3 Å². The molecule has 0 radical (unpaired) electrons. The lowest BCUT2D eigenvalue weighted by atomic mass is 10.2. The third kappa shape index (κ3) is 4.54. The van der Waals surface area contributed by atoms with Crippen molar-refractivity contribution in [2.75, 3.05) is 22.9 Å².